The smallest absolute Gasteiger partial charge is 0.314 e. The van der Waals surface area contributed by atoms with Gasteiger partial charge in [0.2, 0.25) is 0 Å². The van der Waals surface area contributed by atoms with Crippen LogP contribution in [0.2, 0.25) is 0 Å². The molecule has 0 amide bonds. The van der Waals surface area contributed by atoms with Gasteiger partial charge in [-0.25, -0.2) is 0 Å². The molecule has 0 bridgehead atoms. The molecule has 4 heteroatoms. The third kappa shape index (κ3) is 9.96. The fraction of sp³-hybridized carbons (Fsp3) is 0.556. The number of rotatable bonds is 12. The molecule has 2 rings (SSSR count). The van der Waals surface area contributed by atoms with Gasteiger partial charge in [0.05, 0.1) is 5.92 Å². The molecule has 31 heavy (non-hydrogen) atoms. The SMILES string of the molecule is CCCCCCCc1ccc(OC(=O)C2CCC(CCC=CC=C(F)C#N)CC2)cc1. The molecule has 1 fully saturated rings. The van der Waals surface area contributed by atoms with Gasteiger partial charge in [0.25, 0.3) is 0 Å². The number of allylic oxidation sites excluding steroid dienone is 4. The molecule has 0 radical (unpaired) electrons. The van der Waals surface area contributed by atoms with Gasteiger partial charge in [-0.1, -0.05) is 56.9 Å². The fourth-order valence-electron chi connectivity index (χ4n) is 4.16. The van der Waals surface area contributed by atoms with Crippen LogP contribution in [0.4, 0.5) is 4.39 Å². The summed E-state index contributed by atoms with van der Waals surface area (Å²) in [6, 6.07) is 9.44. The maximum atomic E-state index is 12.7. The predicted molar refractivity (Wildman–Crippen MR) is 123 cm³/mol. The van der Waals surface area contributed by atoms with E-state index >= 15 is 0 Å². The minimum absolute atomic E-state index is 0.0160. The van der Waals surface area contributed by atoms with Gasteiger partial charge < -0.3 is 4.74 Å². The first kappa shape index (κ1) is 24.9. The zero-order valence-corrected chi connectivity index (χ0v) is 18.8. The number of nitrogens with zero attached hydrogens (tertiary/aromatic N) is 1. The van der Waals surface area contributed by atoms with Gasteiger partial charge in [0, 0.05) is 0 Å². The van der Waals surface area contributed by atoms with Crippen molar-refractivity contribution in [2.24, 2.45) is 11.8 Å². The van der Waals surface area contributed by atoms with E-state index in [-0.39, 0.29) is 11.9 Å². The van der Waals surface area contributed by atoms with Crippen molar-refractivity contribution in [1.82, 2.24) is 0 Å². The molecule has 0 atom stereocenters. The minimum atomic E-state index is -0.771. The molecule has 0 aliphatic heterocycles. The lowest BCUT2D eigenvalue weighted by molar-refractivity contribution is -0.140. The summed E-state index contributed by atoms with van der Waals surface area (Å²) in [7, 11) is 0. The Kier molecular flexibility index (Phi) is 11.7. The Balaban J connectivity index is 1.65. The summed E-state index contributed by atoms with van der Waals surface area (Å²) in [6.07, 6.45) is 17.8. The van der Waals surface area contributed by atoms with Crippen molar-refractivity contribution in [3.63, 3.8) is 0 Å². The Morgan fingerprint density at radius 3 is 2.52 bits per heavy atom. The topological polar surface area (TPSA) is 50.1 Å². The molecule has 0 unspecified atom stereocenters. The molecule has 168 valence electrons. The van der Waals surface area contributed by atoms with Crippen molar-refractivity contribution in [3.8, 4) is 11.8 Å². The molecule has 0 spiro atoms. The number of ether oxygens (including phenoxy) is 1. The molecule has 3 nitrogen and oxygen atoms in total. The number of halogens is 1. The lowest BCUT2D eigenvalue weighted by atomic mass is 9.80. The van der Waals surface area contributed by atoms with E-state index in [0.29, 0.717) is 11.7 Å². The summed E-state index contributed by atoms with van der Waals surface area (Å²) in [5, 5.41) is 8.36. The third-order valence-electron chi connectivity index (χ3n) is 6.12. The van der Waals surface area contributed by atoms with Crippen LogP contribution in [0, 0.1) is 23.2 Å². The summed E-state index contributed by atoms with van der Waals surface area (Å²) in [5.74, 6) is 0.340. The Bertz CT molecular complexity index is 752. The first-order chi connectivity index (χ1) is 15.1. The van der Waals surface area contributed by atoms with Crippen LogP contribution in [0.25, 0.3) is 0 Å². The monoisotopic (exact) mass is 425 g/mol. The van der Waals surface area contributed by atoms with E-state index in [1.807, 2.05) is 18.2 Å². The van der Waals surface area contributed by atoms with Crippen LogP contribution in [0.15, 0.2) is 48.3 Å². The first-order valence-electron chi connectivity index (χ1n) is 11.9. The van der Waals surface area contributed by atoms with Crippen molar-refractivity contribution >= 4 is 5.97 Å². The van der Waals surface area contributed by atoms with Crippen LogP contribution < -0.4 is 4.74 Å². The van der Waals surface area contributed by atoms with Gasteiger partial charge >= 0.3 is 5.97 Å². The second-order valence-corrected chi connectivity index (χ2v) is 8.58. The van der Waals surface area contributed by atoms with Gasteiger partial charge in [-0.15, -0.1) is 0 Å². The molecule has 0 aromatic heterocycles. The van der Waals surface area contributed by atoms with Gasteiger partial charge in [0.15, 0.2) is 5.83 Å². The fourth-order valence-corrected chi connectivity index (χ4v) is 4.16. The normalized spacial score (nSPS) is 19.3. The van der Waals surface area contributed by atoms with E-state index in [1.54, 1.807) is 6.08 Å². The van der Waals surface area contributed by atoms with E-state index in [4.69, 9.17) is 10.00 Å². The first-order valence-corrected chi connectivity index (χ1v) is 11.9. The highest BCUT2D eigenvalue weighted by Crippen LogP contribution is 2.32. The Hall–Kier alpha value is -2.41. The van der Waals surface area contributed by atoms with Crippen LogP contribution >= 0.6 is 0 Å². The van der Waals surface area contributed by atoms with Crippen LogP contribution in [0.5, 0.6) is 5.75 Å². The van der Waals surface area contributed by atoms with Gasteiger partial charge in [-0.05, 0) is 81.1 Å². The summed E-state index contributed by atoms with van der Waals surface area (Å²) in [4.78, 5) is 12.5. The van der Waals surface area contributed by atoms with Gasteiger partial charge in [0.1, 0.15) is 11.8 Å². The van der Waals surface area contributed by atoms with Crippen LogP contribution in [0.3, 0.4) is 0 Å². The van der Waals surface area contributed by atoms with Crippen LogP contribution in [0.1, 0.15) is 83.1 Å². The molecule has 1 saturated carbocycles. The second kappa shape index (κ2) is 14.6. The standard InChI is InChI=1S/C27H36FNO2/c1-2-3-4-5-7-10-23-15-19-26(20-16-23)31-27(30)24-17-13-22(14-18-24)11-8-6-9-12-25(28)21-29/h6,9,12,15-16,19-20,22,24H,2-5,7-8,10-11,13-14,17-18H2,1H3. The Morgan fingerprint density at radius 2 is 1.84 bits per heavy atom. The largest absolute Gasteiger partial charge is 0.426 e. The van der Waals surface area contributed by atoms with Crippen molar-refractivity contribution in [3.05, 3.63) is 53.9 Å². The van der Waals surface area contributed by atoms with E-state index in [0.717, 1.165) is 44.9 Å². The van der Waals surface area contributed by atoms with Crippen molar-refractivity contribution in [2.45, 2.75) is 84.0 Å². The zero-order valence-electron chi connectivity index (χ0n) is 18.8. The zero-order chi connectivity index (χ0) is 22.3. The van der Waals surface area contributed by atoms with Crippen molar-refractivity contribution in [2.75, 3.05) is 0 Å². The van der Waals surface area contributed by atoms with E-state index < -0.39 is 5.83 Å². The quantitative estimate of drug-likeness (QED) is 0.114. The molecule has 1 aromatic rings. The number of hydrogen-bond donors (Lipinski definition) is 0. The van der Waals surface area contributed by atoms with Gasteiger partial charge in [-0.2, -0.15) is 9.65 Å². The molecule has 0 saturated heterocycles. The molecule has 1 aliphatic carbocycles. The molecule has 1 aliphatic rings. The molecule has 0 N–H and O–H groups in total. The van der Waals surface area contributed by atoms with Crippen LogP contribution in [-0.4, -0.2) is 5.97 Å². The predicted octanol–water partition coefficient (Wildman–Crippen LogP) is 7.62. The Labute approximate surface area is 187 Å². The number of carbonyl (C=O) groups is 1. The minimum Gasteiger partial charge on any atom is -0.426 e. The van der Waals surface area contributed by atoms with Crippen molar-refractivity contribution in [1.29, 1.82) is 5.26 Å². The number of esters is 1. The van der Waals surface area contributed by atoms with Gasteiger partial charge in [-0.3, -0.25) is 4.79 Å². The average Bonchev–Trinajstić information content (AvgIpc) is 2.80. The molecule has 1 aromatic carbocycles. The van der Waals surface area contributed by atoms with Crippen LogP contribution in [-0.2, 0) is 11.2 Å². The summed E-state index contributed by atoms with van der Waals surface area (Å²) >= 11 is 0. The van der Waals surface area contributed by atoms with E-state index in [2.05, 4.69) is 19.1 Å². The lowest BCUT2D eigenvalue weighted by Crippen LogP contribution is -2.25. The van der Waals surface area contributed by atoms with E-state index in [9.17, 15) is 9.18 Å². The molecular weight excluding hydrogens is 389 g/mol. The summed E-state index contributed by atoms with van der Waals surface area (Å²) in [6.45, 7) is 2.23. The highest BCUT2D eigenvalue weighted by Gasteiger charge is 2.27. The average molecular weight is 426 g/mol. The summed E-state index contributed by atoms with van der Waals surface area (Å²) < 4.78 is 18.3. The molecule has 0 heterocycles. The highest BCUT2D eigenvalue weighted by atomic mass is 19.1. The number of hydrogen-bond acceptors (Lipinski definition) is 3. The van der Waals surface area contributed by atoms with E-state index in [1.165, 1.54) is 49.8 Å². The number of carbonyl (C=O) groups excluding carboxylic acids is 1. The third-order valence-corrected chi connectivity index (χ3v) is 6.12. The molecular formula is C27H36FNO2. The number of unbranched alkanes of at least 4 members (excludes halogenated alkanes) is 4. The lowest BCUT2D eigenvalue weighted by Gasteiger charge is -2.26. The maximum absolute atomic E-state index is 12.7. The number of aryl methyl sites for hydroxylation is 1. The number of benzene rings is 1. The number of nitriles is 1. The maximum Gasteiger partial charge on any atom is 0.314 e. The summed E-state index contributed by atoms with van der Waals surface area (Å²) in [5.41, 5.74) is 1.30. The Morgan fingerprint density at radius 1 is 1.13 bits per heavy atom. The van der Waals surface area contributed by atoms with Crippen molar-refractivity contribution < 1.29 is 13.9 Å². The second-order valence-electron chi connectivity index (χ2n) is 8.58. The highest BCUT2D eigenvalue weighted by molar-refractivity contribution is 5.75.